The second-order valence-corrected chi connectivity index (χ2v) is 6.89. The molecular formula is C22H19NO5. The van der Waals surface area contributed by atoms with Gasteiger partial charge in [-0.3, -0.25) is 0 Å². The predicted octanol–water partition coefficient (Wildman–Crippen LogP) is 4.58. The van der Waals surface area contributed by atoms with Gasteiger partial charge >= 0.3 is 5.97 Å². The number of hydrogen-bond donors (Lipinski definition) is 0. The number of benzene rings is 2. The number of aryl methyl sites for hydroxylation is 2. The van der Waals surface area contributed by atoms with Gasteiger partial charge in [0.15, 0.2) is 18.8 Å². The topological polar surface area (TPSA) is 74.7 Å². The molecule has 0 spiro atoms. The fourth-order valence-corrected chi connectivity index (χ4v) is 3.64. The zero-order valence-corrected chi connectivity index (χ0v) is 15.3. The Morgan fingerprint density at radius 1 is 1.04 bits per heavy atom. The van der Waals surface area contributed by atoms with Gasteiger partial charge in [0, 0.05) is 17.4 Å². The molecule has 0 saturated heterocycles. The summed E-state index contributed by atoms with van der Waals surface area (Å²) >= 11 is 0. The fourth-order valence-electron chi connectivity index (χ4n) is 3.64. The Labute approximate surface area is 161 Å². The largest absolute Gasteiger partial charge is 0.482 e. The predicted molar refractivity (Wildman–Crippen MR) is 102 cm³/mol. The van der Waals surface area contributed by atoms with Crippen LogP contribution in [0.15, 0.2) is 51.3 Å². The monoisotopic (exact) mass is 377 g/mol. The van der Waals surface area contributed by atoms with Crippen molar-refractivity contribution < 1.29 is 23.1 Å². The van der Waals surface area contributed by atoms with Crippen LogP contribution in [0.25, 0.3) is 22.1 Å². The summed E-state index contributed by atoms with van der Waals surface area (Å²) < 4.78 is 22.3. The van der Waals surface area contributed by atoms with Crippen LogP contribution < -0.4 is 4.74 Å². The van der Waals surface area contributed by atoms with Crippen LogP contribution in [-0.4, -0.2) is 17.6 Å². The van der Waals surface area contributed by atoms with E-state index in [-0.39, 0.29) is 13.2 Å². The third kappa shape index (κ3) is 3.22. The molecule has 142 valence electrons. The standard InChI is InChI=1S/C22H19NO5/c24-22(26-12-21-23-17-6-2-4-8-20(17)28-21)13-25-14-9-10-19-16(11-14)15-5-1-3-7-18(15)27-19/h2,4,6,8-11H,1,3,5,7,12-13H2. The van der Waals surface area contributed by atoms with Gasteiger partial charge in [-0.2, -0.15) is 0 Å². The van der Waals surface area contributed by atoms with E-state index in [1.165, 1.54) is 18.4 Å². The van der Waals surface area contributed by atoms with Crippen molar-refractivity contribution in [1.29, 1.82) is 0 Å². The summed E-state index contributed by atoms with van der Waals surface area (Å²) in [5.41, 5.74) is 3.55. The number of carbonyl (C=O) groups is 1. The average molecular weight is 377 g/mol. The van der Waals surface area contributed by atoms with Gasteiger partial charge in [0.05, 0.1) is 0 Å². The number of esters is 1. The summed E-state index contributed by atoms with van der Waals surface area (Å²) in [4.78, 5) is 16.3. The molecule has 0 bridgehead atoms. The van der Waals surface area contributed by atoms with Crippen molar-refractivity contribution in [2.24, 2.45) is 0 Å². The molecule has 1 aliphatic carbocycles. The first-order valence-electron chi connectivity index (χ1n) is 9.43. The first-order chi connectivity index (χ1) is 13.8. The van der Waals surface area contributed by atoms with E-state index in [4.69, 9.17) is 18.3 Å². The second-order valence-electron chi connectivity index (χ2n) is 6.89. The summed E-state index contributed by atoms with van der Waals surface area (Å²) in [5, 5.41) is 1.08. The van der Waals surface area contributed by atoms with Crippen LogP contribution >= 0.6 is 0 Å². The molecule has 0 radical (unpaired) electrons. The Hall–Kier alpha value is -3.28. The third-order valence-corrected chi connectivity index (χ3v) is 4.98. The molecule has 6 nitrogen and oxygen atoms in total. The van der Waals surface area contributed by atoms with Crippen LogP contribution in [0.4, 0.5) is 0 Å². The molecule has 0 unspecified atom stereocenters. The van der Waals surface area contributed by atoms with Gasteiger partial charge in [-0.1, -0.05) is 12.1 Å². The molecular weight excluding hydrogens is 358 g/mol. The van der Waals surface area contributed by atoms with Gasteiger partial charge in [0.2, 0.25) is 5.89 Å². The molecule has 4 aromatic rings. The Bertz CT molecular complexity index is 1120. The normalized spacial score (nSPS) is 13.6. The number of ether oxygens (including phenoxy) is 2. The highest BCUT2D eigenvalue weighted by Gasteiger charge is 2.18. The lowest BCUT2D eigenvalue weighted by Crippen LogP contribution is -2.14. The molecule has 0 atom stereocenters. The minimum atomic E-state index is -0.475. The number of fused-ring (bicyclic) bond motifs is 4. The number of furan rings is 1. The second kappa shape index (κ2) is 7.03. The summed E-state index contributed by atoms with van der Waals surface area (Å²) in [6.45, 7) is -0.197. The number of rotatable bonds is 5. The molecule has 0 amide bonds. The summed E-state index contributed by atoms with van der Waals surface area (Å²) in [7, 11) is 0. The number of para-hydroxylation sites is 2. The zero-order chi connectivity index (χ0) is 18.9. The van der Waals surface area contributed by atoms with Gasteiger partial charge in [0.25, 0.3) is 0 Å². The van der Waals surface area contributed by atoms with Gasteiger partial charge in [-0.15, -0.1) is 0 Å². The van der Waals surface area contributed by atoms with E-state index >= 15 is 0 Å². The molecule has 0 aliphatic heterocycles. The number of hydrogen-bond acceptors (Lipinski definition) is 6. The lowest BCUT2D eigenvalue weighted by molar-refractivity contribution is -0.148. The van der Waals surface area contributed by atoms with Gasteiger partial charge in [0.1, 0.15) is 22.6 Å². The quantitative estimate of drug-likeness (QED) is 0.474. The molecule has 2 aromatic carbocycles. The van der Waals surface area contributed by atoms with Crippen LogP contribution in [0.3, 0.4) is 0 Å². The number of aromatic nitrogens is 1. The molecule has 6 heteroatoms. The van der Waals surface area contributed by atoms with Crippen molar-refractivity contribution in [3.8, 4) is 5.75 Å². The van der Waals surface area contributed by atoms with E-state index < -0.39 is 5.97 Å². The number of oxazole rings is 1. The molecule has 5 rings (SSSR count). The van der Waals surface area contributed by atoms with E-state index in [0.717, 1.165) is 35.1 Å². The lowest BCUT2D eigenvalue weighted by atomic mass is 9.96. The molecule has 2 aromatic heterocycles. The van der Waals surface area contributed by atoms with E-state index in [0.29, 0.717) is 17.2 Å². The van der Waals surface area contributed by atoms with Gasteiger partial charge in [-0.05, 0) is 49.6 Å². The molecule has 28 heavy (non-hydrogen) atoms. The smallest absolute Gasteiger partial charge is 0.344 e. The van der Waals surface area contributed by atoms with Crippen LogP contribution in [0, 0.1) is 0 Å². The van der Waals surface area contributed by atoms with E-state index in [1.807, 2.05) is 42.5 Å². The Kier molecular flexibility index (Phi) is 4.24. The van der Waals surface area contributed by atoms with Crippen LogP contribution in [-0.2, 0) is 29.0 Å². The molecule has 0 N–H and O–H groups in total. The third-order valence-electron chi connectivity index (χ3n) is 4.98. The summed E-state index contributed by atoms with van der Waals surface area (Å²) in [6, 6.07) is 13.1. The maximum atomic E-state index is 12.0. The van der Waals surface area contributed by atoms with Crippen molar-refractivity contribution in [2.75, 3.05) is 6.61 Å². The van der Waals surface area contributed by atoms with Crippen molar-refractivity contribution >= 4 is 28.0 Å². The number of carbonyl (C=O) groups excluding carboxylic acids is 1. The average Bonchev–Trinajstić information content (AvgIpc) is 3.31. The fraction of sp³-hybridized carbons (Fsp3) is 0.273. The number of nitrogens with zero attached hydrogens (tertiary/aromatic N) is 1. The Balaban J connectivity index is 1.21. The van der Waals surface area contributed by atoms with Gasteiger partial charge in [-0.25, -0.2) is 9.78 Å². The maximum Gasteiger partial charge on any atom is 0.344 e. The highest BCUT2D eigenvalue weighted by Crippen LogP contribution is 2.33. The van der Waals surface area contributed by atoms with Crippen molar-refractivity contribution in [1.82, 2.24) is 4.98 Å². The van der Waals surface area contributed by atoms with E-state index in [2.05, 4.69) is 4.98 Å². The molecule has 1 aliphatic rings. The molecule has 2 heterocycles. The Morgan fingerprint density at radius 2 is 1.93 bits per heavy atom. The highest BCUT2D eigenvalue weighted by molar-refractivity contribution is 5.84. The van der Waals surface area contributed by atoms with Crippen molar-refractivity contribution in [3.05, 3.63) is 59.7 Å². The zero-order valence-electron chi connectivity index (χ0n) is 15.3. The van der Waals surface area contributed by atoms with Gasteiger partial charge < -0.3 is 18.3 Å². The Morgan fingerprint density at radius 3 is 2.86 bits per heavy atom. The van der Waals surface area contributed by atoms with Crippen LogP contribution in [0.2, 0.25) is 0 Å². The lowest BCUT2D eigenvalue weighted by Gasteiger charge is -2.09. The minimum Gasteiger partial charge on any atom is -0.482 e. The van der Waals surface area contributed by atoms with Crippen molar-refractivity contribution in [2.45, 2.75) is 32.3 Å². The first-order valence-corrected chi connectivity index (χ1v) is 9.43. The summed E-state index contributed by atoms with van der Waals surface area (Å²) in [6.07, 6.45) is 4.36. The summed E-state index contributed by atoms with van der Waals surface area (Å²) in [5.74, 6) is 1.59. The van der Waals surface area contributed by atoms with Crippen LogP contribution in [0.5, 0.6) is 5.75 Å². The SMILES string of the molecule is O=C(COc1ccc2oc3c(c2c1)CCCC3)OCc1nc2ccccc2o1. The van der Waals surface area contributed by atoms with E-state index in [9.17, 15) is 4.79 Å². The molecule has 0 fully saturated rings. The minimum absolute atomic E-state index is 0.0227. The van der Waals surface area contributed by atoms with Crippen LogP contribution in [0.1, 0.15) is 30.1 Å². The highest BCUT2D eigenvalue weighted by atomic mass is 16.6. The van der Waals surface area contributed by atoms with E-state index in [1.54, 1.807) is 0 Å². The first kappa shape index (κ1) is 16.9. The van der Waals surface area contributed by atoms with Crippen molar-refractivity contribution in [3.63, 3.8) is 0 Å². The molecule has 0 saturated carbocycles. The maximum absolute atomic E-state index is 12.0.